The van der Waals surface area contributed by atoms with E-state index in [-0.39, 0.29) is 5.38 Å². The predicted molar refractivity (Wildman–Crippen MR) is 26.9 cm³/mol. The fourth-order valence-corrected chi connectivity index (χ4v) is 0.737. The Hall–Kier alpha value is 0.250. The van der Waals surface area contributed by atoms with Gasteiger partial charge in [0, 0.05) is 11.4 Å². The standard InChI is InChI=1S/C4H8ClN/c5-3-1-2-4(3)6/h3-4H,1-2,6H2/t3?,4-/m0/s1. The lowest BCUT2D eigenvalue weighted by atomic mass is 9.94. The summed E-state index contributed by atoms with van der Waals surface area (Å²) in [5.41, 5.74) is 5.39. The molecule has 1 rings (SSSR count). The largest absolute Gasteiger partial charge is 0.326 e. The van der Waals surface area contributed by atoms with E-state index in [0.29, 0.717) is 6.04 Å². The lowest BCUT2D eigenvalue weighted by Gasteiger charge is -2.27. The summed E-state index contributed by atoms with van der Waals surface area (Å²) in [4.78, 5) is 0. The molecule has 0 radical (unpaired) electrons. The fourth-order valence-electron chi connectivity index (χ4n) is 0.485. The highest BCUT2D eigenvalue weighted by Crippen LogP contribution is 2.22. The van der Waals surface area contributed by atoms with Gasteiger partial charge in [0.25, 0.3) is 0 Å². The minimum Gasteiger partial charge on any atom is -0.326 e. The van der Waals surface area contributed by atoms with Crippen LogP contribution < -0.4 is 5.73 Å². The predicted octanol–water partition coefficient (Wildman–Crippen LogP) is 0.715. The Balaban J connectivity index is 2.20. The van der Waals surface area contributed by atoms with Crippen molar-refractivity contribution in [3.8, 4) is 0 Å². The van der Waals surface area contributed by atoms with Crippen molar-refractivity contribution in [2.24, 2.45) is 5.73 Å². The molecule has 0 aromatic carbocycles. The van der Waals surface area contributed by atoms with Crippen LogP contribution in [-0.2, 0) is 0 Å². The van der Waals surface area contributed by atoms with Gasteiger partial charge in [-0.05, 0) is 12.8 Å². The van der Waals surface area contributed by atoms with E-state index in [1.54, 1.807) is 0 Å². The molecule has 0 aliphatic heterocycles. The molecule has 2 heteroatoms. The third-order valence-corrected chi connectivity index (χ3v) is 1.78. The van der Waals surface area contributed by atoms with Crippen LogP contribution >= 0.6 is 11.6 Å². The fraction of sp³-hybridized carbons (Fsp3) is 1.00. The van der Waals surface area contributed by atoms with E-state index >= 15 is 0 Å². The summed E-state index contributed by atoms with van der Waals surface area (Å²) in [7, 11) is 0. The zero-order chi connectivity index (χ0) is 4.57. The molecule has 0 aromatic heterocycles. The van der Waals surface area contributed by atoms with Gasteiger partial charge >= 0.3 is 0 Å². The van der Waals surface area contributed by atoms with Gasteiger partial charge in [-0.25, -0.2) is 0 Å². The quantitative estimate of drug-likeness (QED) is 0.452. The van der Waals surface area contributed by atoms with E-state index in [2.05, 4.69) is 0 Å². The highest BCUT2D eigenvalue weighted by molar-refractivity contribution is 6.21. The molecule has 0 aromatic rings. The van der Waals surface area contributed by atoms with Crippen LogP contribution in [0.2, 0.25) is 0 Å². The van der Waals surface area contributed by atoms with Crippen molar-refractivity contribution in [3.05, 3.63) is 0 Å². The van der Waals surface area contributed by atoms with Crippen LogP contribution in [0.15, 0.2) is 0 Å². The van der Waals surface area contributed by atoms with Crippen molar-refractivity contribution >= 4 is 11.6 Å². The summed E-state index contributed by atoms with van der Waals surface area (Å²) in [6.07, 6.45) is 2.23. The number of rotatable bonds is 0. The van der Waals surface area contributed by atoms with Gasteiger partial charge in [-0.1, -0.05) is 0 Å². The molecule has 1 fully saturated rings. The lowest BCUT2D eigenvalue weighted by molar-refractivity contribution is 0.427. The molecule has 1 nitrogen and oxygen atoms in total. The molecule has 0 amide bonds. The smallest absolute Gasteiger partial charge is 0.0487 e. The molecule has 6 heavy (non-hydrogen) atoms. The summed E-state index contributed by atoms with van der Waals surface area (Å²) in [6, 6.07) is 0.298. The Morgan fingerprint density at radius 2 is 2.00 bits per heavy atom. The van der Waals surface area contributed by atoms with Crippen LogP contribution in [0.4, 0.5) is 0 Å². The molecular weight excluding hydrogens is 97.5 g/mol. The van der Waals surface area contributed by atoms with Crippen LogP contribution in [0.3, 0.4) is 0 Å². The van der Waals surface area contributed by atoms with Gasteiger partial charge in [0.2, 0.25) is 0 Å². The van der Waals surface area contributed by atoms with Crippen LogP contribution in [0.1, 0.15) is 12.8 Å². The molecular formula is C4H8ClN. The summed E-state index contributed by atoms with van der Waals surface area (Å²) in [6.45, 7) is 0. The Labute approximate surface area is 42.5 Å². The van der Waals surface area contributed by atoms with Crippen LogP contribution in [-0.4, -0.2) is 11.4 Å². The minimum atomic E-state index is 0.282. The third-order valence-electron chi connectivity index (χ3n) is 1.24. The average Bonchev–Trinajstić information content (AvgIpc) is 1.61. The normalized spacial score (nSPS) is 45.0. The summed E-state index contributed by atoms with van der Waals surface area (Å²) in [5, 5.41) is 0.282. The van der Waals surface area contributed by atoms with Crippen molar-refractivity contribution in [1.82, 2.24) is 0 Å². The average molecular weight is 106 g/mol. The molecule has 36 valence electrons. The van der Waals surface area contributed by atoms with Crippen molar-refractivity contribution in [2.45, 2.75) is 24.3 Å². The second kappa shape index (κ2) is 1.39. The Morgan fingerprint density at radius 3 is 2.00 bits per heavy atom. The maximum atomic E-state index is 5.57. The first-order valence-electron chi connectivity index (χ1n) is 2.20. The molecule has 0 saturated heterocycles. The topological polar surface area (TPSA) is 26.0 Å². The van der Waals surface area contributed by atoms with E-state index in [1.165, 1.54) is 0 Å². The lowest BCUT2D eigenvalue weighted by Crippen LogP contribution is -2.40. The second-order valence-electron chi connectivity index (χ2n) is 1.76. The molecule has 2 atom stereocenters. The first kappa shape index (κ1) is 4.41. The molecule has 1 unspecified atom stereocenters. The highest BCUT2D eigenvalue weighted by Gasteiger charge is 2.23. The molecule has 0 spiro atoms. The van der Waals surface area contributed by atoms with E-state index in [0.717, 1.165) is 12.8 Å². The maximum absolute atomic E-state index is 5.57. The Kier molecular flexibility index (Phi) is 1.02. The monoisotopic (exact) mass is 105 g/mol. The maximum Gasteiger partial charge on any atom is 0.0487 e. The van der Waals surface area contributed by atoms with Gasteiger partial charge < -0.3 is 5.73 Å². The van der Waals surface area contributed by atoms with E-state index < -0.39 is 0 Å². The third kappa shape index (κ3) is 0.525. The number of hydrogen-bond donors (Lipinski definition) is 1. The van der Waals surface area contributed by atoms with Crippen LogP contribution in [0.25, 0.3) is 0 Å². The van der Waals surface area contributed by atoms with Crippen molar-refractivity contribution in [3.63, 3.8) is 0 Å². The molecule has 1 aliphatic carbocycles. The summed E-state index contributed by atoms with van der Waals surface area (Å²) >= 11 is 5.57. The van der Waals surface area contributed by atoms with Gasteiger partial charge in [-0.2, -0.15) is 0 Å². The summed E-state index contributed by atoms with van der Waals surface area (Å²) in [5.74, 6) is 0. The minimum absolute atomic E-state index is 0.282. The number of nitrogens with two attached hydrogens (primary N) is 1. The van der Waals surface area contributed by atoms with Crippen molar-refractivity contribution in [2.75, 3.05) is 0 Å². The second-order valence-corrected chi connectivity index (χ2v) is 2.32. The van der Waals surface area contributed by atoms with Crippen LogP contribution in [0.5, 0.6) is 0 Å². The SMILES string of the molecule is N[C@H]1CCC1Cl. The van der Waals surface area contributed by atoms with E-state index in [9.17, 15) is 0 Å². The highest BCUT2D eigenvalue weighted by atomic mass is 35.5. The molecule has 1 saturated carbocycles. The van der Waals surface area contributed by atoms with Gasteiger partial charge in [0.05, 0.1) is 0 Å². The molecule has 2 N–H and O–H groups in total. The first-order chi connectivity index (χ1) is 2.80. The van der Waals surface area contributed by atoms with E-state index in [4.69, 9.17) is 17.3 Å². The van der Waals surface area contributed by atoms with E-state index in [1.807, 2.05) is 0 Å². The zero-order valence-electron chi connectivity index (χ0n) is 3.52. The van der Waals surface area contributed by atoms with Gasteiger partial charge in [-0.3, -0.25) is 0 Å². The number of halogens is 1. The zero-order valence-corrected chi connectivity index (χ0v) is 4.28. The Morgan fingerprint density at radius 1 is 1.50 bits per heavy atom. The number of hydrogen-bond acceptors (Lipinski definition) is 1. The van der Waals surface area contributed by atoms with Gasteiger partial charge in [0.15, 0.2) is 0 Å². The van der Waals surface area contributed by atoms with Crippen molar-refractivity contribution < 1.29 is 0 Å². The van der Waals surface area contributed by atoms with Gasteiger partial charge in [-0.15, -0.1) is 11.6 Å². The van der Waals surface area contributed by atoms with Crippen LogP contribution in [0, 0.1) is 0 Å². The summed E-state index contributed by atoms with van der Waals surface area (Å²) < 4.78 is 0. The van der Waals surface area contributed by atoms with Gasteiger partial charge in [0.1, 0.15) is 0 Å². The van der Waals surface area contributed by atoms with Crippen molar-refractivity contribution in [1.29, 1.82) is 0 Å². The number of alkyl halides is 1. The molecule has 0 bridgehead atoms. The molecule has 0 heterocycles. The Bertz CT molecular complexity index is 47.5. The molecule has 1 aliphatic rings. The first-order valence-corrected chi connectivity index (χ1v) is 2.64.